The van der Waals surface area contributed by atoms with Crippen LogP contribution < -0.4 is 5.32 Å². The van der Waals surface area contributed by atoms with Crippen molar-refractivity contribution in [1.82, 2.24) is 9.78 Å². The van der Waals surface area contributed by atoms with Gasteiger partial charge in [0.2, 0.25) is 0 Å². The smallest absolute Gasteiger partial charge is 0.311 e. The summed E-state index contributed by atoms with van der Waals surface area (Å²) in [4.78, 5) is 34.6. The van der Waals surface area contributed by atoms with Crippen molar-refractivity contribution in [2.24, 2.45) is 0 Å². The van der Waals surface area contributed by atoms with Gasteiger partial charge < -0.3 is 10.1 Å². The average molecular weight is 394 g/mol. The highest BCUT2D eigenvalue weighted by molar-refractivity contribution is 5.92. The summed E-state index contributed by atoms with van der Waals surface area (Å²) in [6.45, 7) is 1.28. The standard InChI is InChI=1S/C20H18N4O5/c1-14-11-18(23(22-14)16-8-3-2-4-9-16)21-19(25)13-29-20(26)12-15-7-5-6-10-17(15)24(27)28/h2-11H,12-13H2,1H3,(H,21,25). The third-order valence-corrected chi connectivity index (χ3v) is 3.99. The Morgan fingerprint density at radius 3 is 2.55 bits per heavy atom. The highest BCUT2D eigenvalue weighted by Gasteiger charge is 2.18. The van der Waals surface area contributed by atoms with Gasteiger partial charge in [-0.3, -0.25) is 19.7 Å². The summed E-state index contributed by atoms with van der Waals surface area (Å²) < 4.78 is 6.54. The highest BCUT2D eigenvalue weighted by atomic mass is 16.6. The maximum atomic E-state index is 12.2. The molecule has 3 rings (SSSR count). The monoisotopic (exact) mass is 394 g/mol. The molecule has 0 spiro atoms. The minimum absolute atomic E-state index is 0.170. The summed E-state index contributed by atoms with van der Waals surface area (Å²) in [6, 6.07) is 16.8. The van der Waals surface area contributed by atoms with Crippen LogP contribution in [0.3, 0.4) is 0 Å². The number of hydrogen-bond acceptors (Lipinski definition) is 6. The number of ether oxygens (including phenoxy) is 1. The van der Waals surface area contributed by atoms with Gasteiger partial charge in [0.1, 0.15) is 5.82 Å². The van der Waals surface area contributed by atoms with E-state index >= 15 is 0 Å². The summed E-state index contributed by atoms with van der Waals surface area (Å²) >= 11 is 0. The number of para-hydroxylation sites is 2. The summed E-state index contributed by atoms with van der Waals surface area (Å²) in [5.41, 5.74) is 1.53. The lowest BCUT2D eigenvalue weighted by Gasteiger charge is -2.09. The lowest BCUT2D eigenvalue weighted by Crippen LogP contribution is -2.23. The Labute approximate surface area is 166 Å². The molecule has 1 aromatic heterocycles. The Morgan fingerprint density at radius 2 is 1.83 bits per heavy atom. The van der Waals surface area contributed by atoms with Crippen LogP contribution in [0.5, 0.6) is 0 Å². The fourth-order valence-corrected chi connectivity index (χ4v) is 2.72. The predicted octanol–water partition coefficient (Wildman–Crippen LogP) is 2.81. The first kappa shape index (κ1) is 19.7. The molecule has 0 saturated carbocycles. The molecule has 1 heterocycles. The predicted molar refractivity (Wildman–Crippen MR) is 105 cm³/mol. The van der Waals surface area contributed by atoms with Crippen molar-refractivity contribution in [3.8, 4) is 5.69 Å². The number of aryl methyl sites for hydroxylation is 1. The number of benzene rings is 2. The fourth-order valence-electron chi connectivity index (χ4n) is 2.72. The number of aromatic nitrogens is 2. The summed E-state index contributed by atoms with van der Waals surface area (Å²) in [5.74, 6) is -0.839. The van der Waals surface area contributed by atoms with Gasteiger partial charge in [-0.25, -0.2) is 4.68 Å². The Balaban J connectivity index is 1.60. The molecule has 0 unspecified atom stereocenters. The number of nitro groups is 1. The largest absolute Gasteiger partial charge is 0.455 e. The molecule has 0 aliphatic heterocycles. The molecule has 0 bridgehead atoms. The molecule has 0 saturated heterocycles. The average Bonchev–Trinajstić information content (AvgIpc) is 3.07. The van der Waals surface area contributed by atoms with Gasteiger partial charge in [0.15, 0.2) is 6.61 Å². The molecule has 0 aliphatic rings. The van der Waals surface area contributed by atoms with Gasteiger partial charge in [-0.1, -0.05) is 36.4 Å². The molecule has 3 aromatic rings. The summed E-state index contributed by atoms with van der Waals surface area (Å²) in [7, 11) is 0. The first-order valence-electron chi connectivity index (χ1n) is 8.74. The third-order valence-electron chi connectivity index (χ3n) is 3.99. The van der Waals surface area contributed by atoms with E-state index in [2.05, 4.69) is 10.4 Å². The molecule has 1 amide bonds. The van der Waals surface area contributed by atoms with E-state index in [1.807, 2.05) is 30.3 Å². The number of anilines is 1. The van der Waals surface area contributed by atoms with E-state index in [9.17, 15) is 19.7 Å². The Bertz CT molecular complexity index is 1050. The zero-order valence-electron chi connectivity index (χ0n) is 15.6. The second-order valence-corrected chi connectivity index (χ2v) is 6.19. The quantitative estimate of drug-likeness (QED) is 0.374. The van der Waals surface area contributed by atoms with Crippen molar-refractivity contribution in [3.63, 3.8) is 0 Å². The summed E-state index contributed by atoms with van der Waals surface area (Å²) in [5, 5.41) is 18.0. The van der Waals surface area contributed by atoms with Gasteiger partial charge in [-0.05, 0) is 19.1 Å². The van der Waals surface area contributed by atoms with E-state index in [1.165, 1.54) is 18.2 Å². The minimum atomic E-state index is -0.734. The van der Waals surface area contributed by atoms with Crippen molar-refractivity contribution in [2.75, 3.05) is 11.9 Å². The first-order chi connectivity index (χ1) is 13.9. The van der Waals surface area contributed by atoms with Crippen LogP contribution in [0, 0.1) is 17.0 Å². The normalized spacial score (nSPS) is 10.4. The van der Waals surface area contributed by atoms with Gasteiger partial charge in [0.05, 0.1) is 22.7 Å². The van der Waals surface area contributed by atoms with E-state index in [1.54, 1.807) is 23.7 Å². The van der Waals surface area contributed by atoms with Crippen molar-refractivity contribution >= 4 is 23.4 Å². The van der Waals surface area contributed by atoms with Gasteiger partial charge in [0.25, 0.3) is 11.6 Å². The zero-order valence-corrected chi connectivity index (χ0v) is 15.6. The van der Waals surface area contributed by atoms with E-state index in [0.717, 1.165) is 5.69 Å². The number of rotatable bonds is 7. The molecular weight excluding hydrogens is 376 g/mol. The van der Waals surface area contributed by atoms with E-state index in [4.69, 9.17) is 4.74 Å². The second-order valence-electron chi connectivity index (χ2n) is 6.19. The molecule has 0 radical (unpaired) electrons. The van der Waals surface area contributed by atoms with Crippen molar-refractivity contribution in [3.05, 3.63) is 82.0 Å². The first-order valence-corrected chi connectivity index (χ1v) is 8.74. The molecular formula is C20H18N4O5. The topological polar surface area (TPSA) is 116 Å². The number of nitrogens with zero attached hydrogens (tertiary/aromatic N) is 3. The molecule has 9 heteroatoms. The van der Waals surface area contributed by atoms with Gasteiger partial charge in [0, 0.05) is 17.7 Å². The Kier molecular flexibility index (Phi) is 5.98. The molecule has 148 valence electrons. The number of carbonyl (C=O) groups excluding carboxylic acids is 2. The van der Waals surface area contributed by atoms with E-state index in [0.29, 0.717) is 11.5 Å². The SMILES string of the molecule is Cc1cc(NC(=O)COC(=O)Cc2ccccc2[N+](=O)[O-])n(-c2ccccc2)n1. The van der Waals surface area contributed by atoms with E-state index in [-0.39, 0.29) is 17.7 Å². The molecule has 0 aliphatic carbocycles. The Morgan fingerprint density at radius 1 is 1.14 bits per heavy atom. The van der Waals surface area contributed by atoms with Gasteiger partial charge in [-0.15, -0.1) is 0 Å². The molecule has 29 heavy (non-hydrogen) atoms. The zero-order chi connectivity index (χ0) is 20.8. The third kappa shape index (κ3) is 5.04. The van der Waals surface area contributed by atoms with Crippen LogP contribution >= 0.6 is 0 Å². The second kappa shape index (κ2) is 8.79. The molecule has 1 N–H and O–H groups in total. The number of hydrogen-bond donors (Lipinski definition) is 1. The number of nitrogens with one attached hydrogen (secondary N) is 1. The maximum absolute atomic E-state index is 12.2. The minimum Gasteiger partial charge on any atom is -0.455 e. The van der Waals surface area contributed by atoms with Crippen molar-refractivity contribution < 1.29 is 19.2 Å². The summed E-state index contributed by atoms with van der Waals surface area (Å²) in [6.07, 6.45) is -0.300. The number of amides is 1. The lowest BCUT2D eigenvalue weighted by molar-refractivity contribution is -0.385. The van der Waals surface area contributed by atoms with Gasteiger partial charge >= 0.3 is 5.97 Å². The maximum Gasteiger partial charge on any atom is 0.311 e. The molecule has 0 fully saturated rings. The Hall–Kier alpha value is -4.01. The number of carbonyl (C=O) groups is 2. The van der Waals surface area contributed by atoms with Gasteiger partial charge in [-0.2, -0.15) is 5.10 Å². The molecule has 2 aromatic carbocycles. The fraction of sp³-hybridized carbons (Fsp3) is 0.150. The van der Waals surface area contributed by atoms with Crippen molar-refractivity contribution in [1.29, 1.82) is 0 Å². The number of nitro benzene ring substituents is 1. The van der Waals surface area contributed by atoms with E-state index < -0.39 is 23.4 Å². The lowest BCUT2D eigenvalue weighted by atomic mass is 10.1. The van der Waals surface area contributed by atoms with Crippen LogP contribution in [0.15, 0.2) is 60.7 Å². The van der Waals surface area contributed by atoms with Crippen molar-refractivity contribution in [2.45, 2.75) is 13.3 Å². The van der Waals surface area contributed by atoms with Crippen LogP contribution in [0.25, 0.3) is 5.69 Å². The molecule has 9 nitrogen and oxygen atoms in total. The van der Waals surface area contributed by atoms with Crippen LogP contribution in [0.2, 0.25) is 0 Å². The van der Waals surface area contributed by atoms with Crippen LogP contribution in [-0.2, 0) is 20.7 Å². The van der Waals surface area contributed by atoms with Crippen LogP contribution in [0.4, 0.5) is 11.5 Å². The van der Waals surface area contributed by atoms with Crippen LogP contribution in [0.1, 0.15) is 11.3 Å². The van der Waals surface area contributed by atoms with Crippen LogP contribution in [-0.4, -0.2) is 33.2 Å². The highest BCUT2D eigenvalue weighted by Crippen LogP contribution is 2.19. The number of esters is 1. The molecule has 0 atom stereocenters.